The molecule has 0 unspecified atom stereocenters. The lowest BCUT2D eigenvalue weighted by atomic mass is 10.2. The molecule has 0 spiro atoms. The lowest BCUT2D eigenvalue weighted by molar-refractivity contribution is -0.115. The van der Waals surface area contributed by atoms with Crippen molar-refractivity contribution in [2.75, 3.05) is 10.7 Å². The number of halogens is 1. The molecule has 110 valence electrons. The Hall–Kier alpha value is -1.92. The number of carbonyl (C=O) groups is 2. The first-order chi connectivity index (χ1) is 10.6. The summed E-state index contributed by atoms with van der Waals surface area (Å²) in [5, 5.41) is 0.418. The fraction of sp³-hybridized carbons (Fsp3) is 0.0625. The van der Waals surface area contributed by atoms with Gasteiger partial charge in [-0.05, 0) is 36.4 Å². The average molecular weight is 375 g/mol. The van der Waals surface area contributed by atoms with Crippen LogP contribution in [0.1, 0.15) is 10.4 Å². The highest BCUT2D eigenvalue weighted by molar-refractivity contribution is 9.10. The van der Waals surface area contributed by atoms with Crippen LogP contribution >= 0.6 is 27.7 Å². The molecule has 0 aliphatic carbocycles. The van der Waals surface area contributed by atoms with Gasteiger partial charge in [-0.15, -0.1) is 0 Å². The van der Waals surface area contributed by atoms with Gasteiger partial charge in [0.2, 0.25) is 5.91 Å². The monoisotopic (exact) mass is 374 g/mol. The van der Waals surface area contributed by atoms with Crippen LogP contribution < -0.4 is 4.90 Å². The van der Waals surface area contributed by atoms with E-state index in [-0.39, 0.29) is 17.6 Å². The minimum atomic E-state index is -0.347. The van der Waals surface area contributed by atoms with Gasteiger partial charge in [-0.1, -0.05) is 45.9 Å². The standard InChI is InChI=1S/C16H11BrN2O2S/c17-12-6-8-13(9-7-12)19-14(20)10-22-16(19)18-15(21)11-4-2-1-3-5-11/h1-9H,10H2. The normalized spacial score (nSPS) is 16.3. The van der Waals surface area contributed by atoms with Gasteiger partial charge in [-0.2, -0.15) is 4.99 Å². The molecule has 0 aromatic heterocycles. The van der Waals surface area contributed by atoms with Crippen LogP contribution in [0.2, 0.25) is 0 Å². The number of anilines is 1. The highest BCUT2D eigenvalue weighted by Gasteiger charge is 2.30. The van der Waals surface area contributed by atoms with Crippen LogP contribution in [0.15, 0.2) is 64.1 Å². The van der Waals surface area contributed by atoms with E-state index in [4.69, 9.17) is 0 Å². The number of thioether (sulfide) groups is 1. The molecule has 1 aliphatic rings. The van der Waals surface area contributed by atoms with E-state index >= 15 is 0 Å². The second kappa shape index (κ2) is 6.46. The molecule has 2 aromatic rings. The van der Waals surface area contributed by atoms with Crippen molar-refractivity contribution in [1.29, 1.82) is 0 Å². The Morgan fingerprint density at radius 3 is 2.45 bits per heavy atom. The molecule has 1 aliphatic heterocycles. The first-order valence-electron chi connectivity index (χ1n) is 6.54. The van der Waals surface area contributed by atoms with Gasteiger partial charge in [0, 0.05) is 10.0 Å². The van der Waals surface area contributed by atoms with Crippen LogP contribution in [-0.2, 0) is 4.79 Å². The molecule has 1 saturated heterocycles. The predicted octanol–water partition coefficient (Wildman–Crippen LogP) is 3.73. The summed E-state index contributed by atoms with van der Waals surface area (Å²) in [7, 11) is 0. The summed E-state index contributed by atoms with van der Waals surface area (Å²) in [5.74, 6) is -0.136. The predicted molar refractivity (Wildman–Crippen MR) is 92.3 cm³/mol. The van der Waals surface area contributed by atoms with Gasteiger partial charge in [-0.3, -0.25) is 14.5 Å². The fourth-order valence-electron chi connectivity index (χ4n) is 2.02. The lowest BCUT2D eigenvalue weighted by Gasteiger charge is -2.15. The maximum absolute atomic E-state index is 12.2. The molecule has 1 fully saturated rings. The third-order valence-electron chi connectivity index (χ3n) is 3.07. The highest BCUT2D eigenvalue weighted by atomic mass is 79.9. The Morgan fingerprint density at radius 2 is 1.77 bits per heavy atom. The topological polar surface area (TPSA) is 49.7 Å². The zero-order valence-corrected chi connectivity index (χ0v) is 13.8. The van der Waals surface area contributed by atoms with Gasteiger partial charge in [-0.25, -0.2) is 0 Å². The SMILES string of the molecule is O=C(N=C1SCC(=O)N1c1ccc(Br)cc1)c1ccccc1. The molecule has 0 bridgehead atoms. The Kier molecular flexibility index (Phi) is 4.40. The van der Waals surface area contributed by atoms with E-state index in [2.05, 4.69) is 20.9 Å². The first kappa shape index (κ1) is 15.0. The third-order valence-corrected chi connectivity index (χ3v) is 4.52. The molecule has 4 nitrogen and oxygen atoms in total. The number of amides is 2. The Morgan fingerprint density at radius 1 is 1.09 bits per heavy atom. The average Bonchev–Trinajstić information content (AvgIpc) is 2.90. The number of hydrogen-bond donors (Lipinski definition) is 0. The van der Waals surface area contributed by atoms with Crippen LogP contribution in [0, 0.1) is 0 Å². The molecule has 2 aromatic carbocycles. The largest absolute Gasteiger partial charge is 0.279 e. The van der Waals surface area contributed by atoms with Crippen LogP contribution in [-0.4, -0.2) is 22.7 Å². The molecule has 0 N–H and O–H groups in total. The second-order valence-electron chi connectivity index (χ2n) is 4.56. The number of hydrogen-bond acceptors (Lipinski definition) is 3. The van der Waals surface area contributed by atoms with Gasteiger partial charge in [0.25, 0.3) is 5.91 Å². The van der Waals surface area contributed by atoms with Gasteiger partial charge in [0.15, 0.2) is 5.17 Å². The number of carbonyl (C=O) groups excluding carboxylic acids is 2. The van der Waals surface area contributed by atoms with Crippen molar-refractivity contribution in [2.24, 2.45) is 4.99 Å². The Balaban J connectivity index is 1.92. The lowest BCUT2D eigenvalue weighted by Crippen LogP contribution is -2.29. The van der Waals surface area contributed by atoms with Crippen molar-refractivity contribution < 1.29 is 9.59 Å². The van der Waals surface area contributed by atoms with Crippen molar-refractivity contribution in [2.45, 2.75) is 0 Å². The molecule has 22 heavy (non-hydrogen) atoms. The quantitative estimate of drug-likeness (QED) is 0.804. The van der Waals surface area contributed by atoms with E-state index in [1.165, 1.54) is 16.7 Å². The summed E-state index contributed by atoms with van der Waals surface area (Å²) in [6.07, 6.45) is 0. The maximum Gasteiger partial charge on any atom is 0.279 e. The zero-order chi connectivity index (χ0) is 15.5. The van der Waals surface area contributed by atoms with Gasteiger partial charge < -0.3 is 0 Å². The Labute approximate surface area is 140 Å². The minimum absolute atomic E-state index is 0.0769. The number of rotatable bonds is 2. The molecule has 2 amide bonds. The second-order valence-corrected chi connectivity index (χ2v) is 6.42. The molecular weight excluding hydrogens is 364 g/mol. The molecule has 3 rings (SSSR count). The van der Waals surface area contributed by atoms with Crippen molar-refractivity contribution in [1.82, 2.24) is 0 Å². The summed E-state index contributed by atoms with van der Waals surface area (Å²) in [5.41, 5.74) is 1.21. The number of nitrogens with zero attached hydrogens (tertiary/aromatic N) is 2. The van der Waals surface area contributed by atoms with Crippen molar-refractivity contribution >= 4 is 50.4 Å². The summed E-state index contributed by atoms with van der Waals surface area (Å²) in [6.45, 7) is 0. The minimum Gasteiger partial charge on any atom is -0.273 e. The van der Waals surface area contributed by atoms with Crippen LogP contribution in [0.3, 0.4) is 0 Å². The van der Waals surface area contributed by atoms with Crippen molar-refractivity contribution in [3.05, 3.63) is 64.6 Å². The van der Waals surface area contributed by atoms with E-state index in [9.17, 15) is 9.59 Å². The summed E-state index contributed by atoms with van der Waals surface area (Å²) in [4.78, 5) is 29.9. The summed E-state index contributed by atoms with van der Waals surface area (Å²) in [6, 6.07) is 16.2. The zero-order valence-electron chi connectivity index (χ0n) is 11.4. The molecule has 1 heterocycles. The highest BCUT2D eigenvalue weighted by Crippen LogP contribution is 2.28. The molecule has 0 atom stereocenters. The number of aliphatic imine (C=N–C) groups is 1. The van der Waals surface area contributed by atoms with E-state index in [0.717, 1.165) is 4.47 Å². The summed E-state index contributed by atoms with van der Waals surface area (Å²) < 4.78 is 0.925. The smallest absolute Gasteiger partial charge is 0.273 e. The van der Waals surface area contributed by atoms with Crippen molar-refractivity contribution in [3.8, 4) is 0 Å². The van der Waals surface area contributed by atoms with Crippen LogP contribution in [0.4, 0.5) is 5.69 Å². The van der Waals surface area contributed by atoms with E-state index in [1.807, 2.05) is 30.3 Å². The molecule has 0 saturated carbocycles. The Bertz CT molecular complexity index is 745. The number of amidine groups is 1. The van der Waals surface area contributed by atoms with Crippen LogP contribution in [0.5, 0.6) is 0 Å². The van der Waals surface area contributed by atoms with E-state index in [1.54, 1.807) is 24.3 Å². The molecular formula is C16H11BrN2O2S. The van der Waals surface area contributed by atoms with E-state index in [0.29, 0.717) is 16.4 Å². The fourth-order valence-corrected chi connectivity index (χ4v) is 3.15. The van der Waals surface area contributed by atoms with E-state index < -0.39 is 0 Å². The number of benzene rings is 2. The van der Waals surface area contributed by atoms with Gasteiger partial charge in [0.05, 0.1) is 11.4 Å². The molecule has 6 heteroatoms. The summed E-state index contributed by atoms with van der Waals surface area (Å²) >= 11 is 4.64. The van der Waals surface area contributed by atoms with Gasteiger partial charge >= 0.3 is 0 Å². The van der Waals surface area contributed by atoms with Crippen molar-refractivity contribution in [3.63, 3.8) is 0 Å². The first-order valence-corrected chi connectivity index (χ1v) is 8.32. The van der Waals surface area contributed by atoms with Crippen LogP contribution in [0.25, 0.3) is 0 Å². The molecule has 0 radical (unpaired) electrons. The third kappa shape index (κ3) is 3.13. The maximum atomic E-state index is 12.2. The van der Waals surface area contributed by atoms with Gasteiger partial charge in [0.1, 0.15) is 0 Å².